The molecule has 1 atom stereocenters. The van der Waals surface area contributed by atoms with Crippen LogP contribution in [0.5, 0.6) is 11.5 Å². The van der Waals surface area contributed by atoms with E-state index >= 15 is 0 Å². The highest BCUT2D eigenvalue weighted by Crippen LogP contribution is 2.38. The number of hydrogen-bond acceptors (Lipinski definition) is 6. The largest absolute Gasteiger partial charge is 0.492 e. The molecule has 1 amide bonds. The summed E-state index contributed by atoms with van der Waals surface area (Å²) in [6.45, 7) is 4.43. The normalized spacial score (nSPS) is 14.8. The lowest BCUT2D eigenvalue weighted by Crippen LogP contribution is -2.13. The highest BCUT2D eigenvalue weighted by atomic mass is 35.5. The van der Waals surface area contributed by atoms with E-state index in [0.29, 0.717) is 41.2 Å². The molecular formula is C22H22ClN3O4. The minimum absolute atomic E-state index is 0.118. The highest BCUT2D eigenvalue weighted by Gasteiger charge is 2.22. The van der Waals surface area contributed by atoms with Crippen LogP contribution in [0, 0.1) is 0 Å². The first-order valence-electron chi connectivity index (χ1n) is 9.86. The molecule has 1 aliphatic rings. The second kappa shape index (κ2) is 8.75. The van der Waals surface area contributed by atoms with Gasteiger partial charge in [-0.05, 0) is 44.2 Å². The molecule has 1 N–H and O–H groups in total. The minimum atomic E-state index is -0.173. The molecule has 2 aromatic carbocycles. The molecule has 1 aromatic heterocycles. The van der Waals surface area contributed by atoms with Crippen molar-refractivity contribution in [3.05, 3.63) is 52.9 Å². The Bertz CT molecular complexity index is 1050. The standard InChI is InChI=1S/C22H22ClN3O4/c1-3-28-19-11-15-10-13(2)29-18(15)12-17(19)24-20(27)8-9-21-25-22(26-30-21)14-4-6-16(23)7-5-14/h4-7,11-13H,3,8-10H2,1-2H3,(H,24,27). The number of carbonyl (C=O) groups excluding carboxylic acids is 1. The monoisotopic (exact) mass is 427 g/mol. The van der Waals surface area contributed by atoms with E-state index < -0.39 is 0 Å². The molecule has 0 saturated heterocycles. The van der Waals surface area contributed by atoms with Crippen LogP contribution < -0.4 is 14.8 Å². The Labute approximate surface area is 179 Å². The van der Waals surface area contributed by atoms with Crippen molar-refractivity contribution in [2.24, 2.45) is 0 Å². The first kappa shape index (κ1) is 20.2. The number of nitrogens with one attached hydrogen (secondary N) is 1. The quantitative estimate of drug-likeness (QED) is 0.589. The zero-order valence-corrected chi connectivity index (χ0v) is 17.5. The van der Waals surface area contributed by atoms with Gasteiger partial charge in [-0.1, -0.05) is 16.8 Å². The van der Waals surface area contributed by atoms with Gasteiger partial charge in [0.25, 0.3) is 0 Å². The number of ether oxygens (including phenoxy) is 2. The molecule has 7 nitrogen and oxygen atoms in total. The third kappa shape index (κ3) is 4.57. The molecule has 1 aliphatic heterocycles. The average Bonchev–Trinajstić information content (AvgIpc) is 3.33. The van der Waals surface area contributed by atoms with Gasteiger partial charge >= 0.3 is 0 Å². The van der Waals surface area contributed by atoms with Crippen LogP contribution in [-0.4, -0.2) is 28.8 Å². The topological polar surface area (TPSA) is 86.5 Å². The summed E-state index contributed by atoms with van der Waals surface area (Å²) >= 11 is 5.90. The fourth-order valence-electron chi connectivity index (χ4n) is 3.32. The second-order valence-corrected chi connectivity index (χ2v) is 7.52. The lowest BCUT2D eigenvalue weighted by Gasteiger charge is -2.13. The second-order valence-electron chi connectivity index (χ2n) is 7.09. The maximum absolute atomic E-state index is 12.5. The summed E-state index contributed by atoms with van der Waals surface area (Å²) in [5, 5.41) is 7.51. The summed E-state index contributed by atoms with van der Waals surface area (Å²) in [5.41, 5.74) is 2.49. The van der Waals surface area contributed by atoms with E-state index in [-0.39, 0.29) is 18.4 Å². The van der Waals surface area contributed by atoms with Crippen molar-refractivity contribution in [2.75, 3.05) is 11.9 Å². The van der Waals surface area contributed by atoms with Crippen molar-refractivity contribution in [1.29, 1.82) is 0 Å². The lowest BCUT2D eigenvalue weighted by molar-refractivity contribution is -0.116. The summed E-state index contributed by atoms with van der Waals surface area (Å²) in [5.74, 6) is 2.11. The number of rotatable bonds is 7. The highest BCUT2D eigenvalue weighted by molar-refractivity contribution is 6.30. The van der Waals surface area contributed by atoms with E-state index in [1.807, 2.05) is 38.1 Å². The van der Waals surface area contributed by atoms with E-state index in [9.17, 15) is 4.79 Å². The maximum Gasteiger partial charge on any atom is 0.227 e. The Hall–Kier alpha value is -3.06. The minimum Gasteiger partial charge on any atom is -0.492 e. The summed E-state index contributed by atoms with van der Waals surface area (Å²) in [4.78, 5) is 16.9. The number of nitrogens with zero attached hydrogens (tertiary/aromatic N) is 2. The number of carbonyl (C=O) groups is 1. The van der Waals surface area contributed by atoms with Crippen molar-refractivity contribution in [2.45, 2.75) is 39.2 Å². The van der Waals surface area contributed by atoms with Gasteiger partial charge in [0.15, 0.2) is 0 Å². The van der Waals surface area contributed by atoms with Crippen LogP contribution >= 0.6 is 11.6 Å². The Kier molecular flexibility index (Phi) is 5.90. The third-order valence-corrected chi connectivity index (χ3v) is 4.96. The number of amides is 1. The Morgan fingerprint density at radius 1 is 1.30 bits per heavy atom. The third-order valence-electron chi connectivity index (χ3n) is 4.71. The Morgan fingerprint density at radius 2 is 2.10 bits per heavy atom. The van der Waals surface area contributed by atoms with Gasteiger partial charge in [-0.25, -0.2) is 0 Å². The number of fused-ring (bicyclic) bond motifs is 1. The molecule has 0 spiro atoms. The van der Waals surface area contributed by atoms with Gasteiger partial charge in [0.05, 0.1) is 12.3 Å². The van der Waals surface area contributed by atoms with Crippen molar-refractivity contribution >= 4 is 23.2 Å². The van der Waals surface area contributed by atoms with E-state index in [2.05, 4.69) is 15.5 Å². The average molecular weight is 428 g/mol. The SMILES string of the molecule is CCOc1cc2c(cc1NC(=O)CCc1nc(-c3ccc(Cl)cc3)no1)OC(C)C2. The fourth-order valence-corrected chi connectivity index (χ4v) is 3.44. The molecule has 30 heavy (non-hydrogen) atoms. The van der Waals surface area contributed by atoms with Crippen LogP contribution in [0.1, 0.15) is 31.7 Å². The van der Waals surface area contributed by atoms with Gasteiger partial charge in [0.2, 0.25) is 17.6 Å². The number of benzene rings is 2. The molecule has 2 heterocycles. The molecule has 3 aromatic rings. The van der Waals surface area contributed by atoms with Crippen molar-refractivity contribution in [3.8, 4) is 22.9 Å². The first-order chi connectivity index (χ1) is 14.5. The van der Waals surface area contributed by atoms with Gasteiger partial charge in [-0.3, -0.25) is 4.79 Å². The number of aryl methyl sites for hydroxylation is 1. The van der Waals surface area contributed by atoms with Gasteiger partial charge in [0, 0.05) is 41.5 Å². The molecular weight excluding hydrogens is 406 g/mol. The van der Waals surface area contributed by atoms with Crippen molar-refractivity contribution < 1.29 is 18.8 Å². The Morgan fingerprint density at radius 3 is 2.87 bits per heavy atom. The molecule has 1 unspecified atom stereocenters. The summed E-state index contributed by atoms with van der Waals surface area (Å²) < 4.78 is 16.8. The van der Waals surface area contributed by atoms with Crippen LogP contribution in [0.3, 0.4) is 0 Å². The van der Waals surface area contributed by atoms with Crippen LogP contribution in [0.25, 0.3) is 11.4 Å². The number of hydrogen-bond donors (Lipinski definition) is 1. The first-order valence-corrected chi connectivity index (χ1v) is 10.2. The predicted molar refractivity (Wildman–Crippen MR) is 113 cm³/mol. The molecule has 4 rings (SSSR count). The Balaban J connectivity index is 1.40. The summed E-state index contributed by atoms with van der Waals surface area (Å²) in [6, 6.07) is 10.9. The van der Waals surface area contributed by atoms with Crippen LogP contribution in [0.4, 0.5) is 5.69 Å². The maximum atomic E-state index is 12.5. The van der Waals surface area contributed by atoms with E-state index in [1.165, 1.54) is 0 Å². The number of halogens is 1. The summed E-state index contributed by atoms with van der Waals surface area (Å²) in [7, 11) is 0. The number of aromatic nitrogens is 2. The molecule has 0 bridgehead atoms. The van der Waals surface area contributed by atoms with Gasteiger partial charge in [0.1, 0.15) is 17.6 Å². The lowest BCUT2D eigenvalue weighted by atomic mass is 10.1. The molecule has 8 heteroatoms. The van der Waals surface area contributed by atoms with Crippen molar-refractivity contribution in [1.82, 2.24) is 10.1 Å². The molecule has 0 aliphatic carbocycles. The number of anilines is 1. The zero-order valence-electron chi connectivity index (χ0n) is 16.8. The van der Waals surface area contributed by atoms with Crippen LogP contribution in [-0.2, 0) is 17.6 Å². The predicted octanol–water partition coefficient (Wildman–Crippen LogP) is 4.68. The van der Waals surface area contributed by atoms with E-state index in [0.717, 1.165) is 23.3 Å². The zero-order chi connectivity index (χ0) is 21.1. The molecule has 0 fully saturated rings. The van der Waals surface area contributed by atoms with Crippen molar-refractivity contribution in [3.63, 3.8) is 0 Å². The van der Waals surface area contributed by atoms with Gasteiger partial charge in [-0.15, -0.1) is 0 Å². The van der Waals surface area contributed by atoms with Crippen LogP contribution in [0.15, 0.2) is 40.9 Å². The van der Waals surface area contributed by atoms with Crippen LogP contribution in [0.2, 0.25) is 5.02 Å². The van der Waals surface area contributed by atoms with Gasteiger partial charge in [-0.2, -0.15) is 4.98 Å². The molecule has 0 radical (unpaired) electrons. The molecule has 0 saturated carbocycles. The smallest absolute Gasteiger partial charge is 0.227 e. The molecule has 156 valence electrons. The fraction of sp³-hybridized carbons (Fsp3) is 0.318. The van der Waals surface area contributed by atoms with Gasteiger partial charge < -0.3 is 19.3 Å². The van der Waals surface area contributed by atoms with E-state index in [1.54, 1.807) is 12.1 Å². The van der Waals surface area contributed by atoms with E-state index in [4.69, 9.17) is 25.6 Å². The summed E-state index contributed by atoms with van der Waals surface area (Å²) in [6.07, 6.45) is 1.47.